The number of nitrogens with zero attached hydrogens (tertiary/aromatic N) is 5. The van der Waals surface area contributed by atoms with Crippen molar-refractivity contribution in [2.75, 3.05) is 5.32 Å². The van der Waals surface area contributed by atoms with Crippen LogP contribution in [0.5, 0.6) is 0 Å². The summed E-state index contributed by atoms with van der Waals surface area (Å²) >= 11 is 0. The highest BCUT2D eigenvalue weighted by Gasteiger charge is 2.15. The van der Waals surface area contributed by atoms with Gasteiger partial charge in [-0.1, -0.05) is 35.5 Å². The lowest BCUT2D eigenvalue weighted by Crippen LogP contribution is -2.14. The predicted molar refractivity (Wildman–Crippen MR) is 81.2 cm³/mol. The molecule has 0 aliphatic heterocycles. The Labute approximate surface area is 127 Å². The summed E-state index contributed by atoms with van der Waals surface area (Å²) in [6, 6.07) is 9.63. The molecular formula is C15H14N6O. The van der Waals surface area contributed by atoms with Gasteiger partial charge in [-0.3, -0.25) is 9.48 Å². The summed E-state index contributed by atoms with van der Waals surface area (Å²) in [6.45, 7) is 1.78. The summed E-state index contributed by atoms with van der Waals surface area (Å²) in [5, 5.41) is 10.4. The van der Waals surface area contributed by atoms with Crippen LogP contribution < -0.4 is 5.32 Å². The van der Waals surface area contributed by atoms with Crippen molar-refractivity contribution >= 4 is 11.6 Å². The lowest BCUT2D eigenvalue weighted by molar-refractivity contribution is 0.102. The number of benzene rings is 1. The summed E-state index contributed by atoms with van der Waals surface area (Å²) in [7, 11) is 1.73. The van der Waals surface area contributed by atoms with Gasteiger partial charge >= 0.3 is 0 Å². The molecule has 0 bridgehead atoms. The first-order chi connectivity index (χ1) is 10.6. The van der Waals surface area contributed by atoms with Gasteiger partial charge in [0.25, 0.3) is 5.91 Å². The fourth-order valence-corrected chi connectivity index (χ4v) is 1.93. The molecule has 0 atom stereocenters. The van der Waals surface area contributed by atoms with E-state index in [9.17, 15) is 4.79 Å². The second-order valence-corrected chi connectivity index (χ2v) is 4.76. The van der Waals surface area contributed by atoms with Crippen molar-refractivity contribution in [1.29, 1.82) is 0 Å². The average Bonchev–Trinajstić information content (AvgIpc) is 2.88. The molecule has 2 heterocycles. The fraction of sp³-hybridized carbons (Fsp3) is 0.133. The number of hydrogen-bond acceptors (Lipinski definition) is 5. The highest BCUT2D eigenvalue weighted by molar-refractivity contribution is 6.03. The number of rotatable bonds is 3. The normalized spacial score (nSPS) is 10.5. The molecule has 0 radical (unpaired) electrons. The molecule has 0 saturated heterocycles. The predicted octanol–water partition coefficient (Wildman–Crippen LogP) is 1.83. The van der Waals surface area contributed by atoms with Crippen molar-refractivity contribution in [1.82, 2.24) is 25.0 Å². The lowest BCUT2D eigenvalue weighted by atomic mass is 10.2. The van der Waals surface area contributed by atoms with Crippen LogP contribution in [0, 0.1) is 6.92 Å². The SMILES string of the molecule is Cc1c(C(=O)Nc2cnc(-c3ccccc3)nc2)nnn1C. The van der Waals surface area contributed by atoms with E-state index in [1.165, 1.54) is 0 Å². The maximum absolute atomic E-state index is 12.1. The van der Waals surface area contributed by atoms with Crippen molar-refractivity contribution in [3.63, 3.8) is 0 Å². The highest BCUT2D eigenvalue weighted by Crippen LogP contribution is 2.15. The Morgan fingerprint density at radius 1 is 1.14 bits per heavy atom. The number of anilines is 1. The number of hydrogen-bond donors (Lipinski definition) is 1. The van der Waals surface area contributed by atoms with Crippen LogP contribution in [-0.2, 0) is 7.05 Å². The van der Waals surface area contributed by atoms with Crippen LogP contribution in [0.4, 0.5) is 5.69 Å². The molecule has 110 valence electrons. The summed E-state index contributed by atoms with van der Waals surface area (Å²) in [4.78, 5) is 20.6. The minimum Gasteiger partial charge on any atom is -0.318 e. The zero-order valence-electron chi connectivity index (χ0n) is 12.2. The van der Waals surface area contributed by atoms with Gasteiger partial charge in [0, 0.05) is 12.6 Å². The van der Waals surface area contributed by atoms with Crippen LogP contribution in [0.15, 0.2) is 42.7 Å². The van der Waals surface area contributed by atoms with Gasteiger partial charge in [0.1, 0.15) is 0 Å². The van der Waals surface area contributed by atoms with E-state index in [2.05, 4.69) is 25.6 Å². The van der Waals surface area contributed by atoms with Crippen LogP contribution in [0.25, 0.3) is 11.4 Å². The molecule has 0 aliphatic rings. The average molecular weight is 294 g/mol. The van der Waals surface area contributed by atoms with Crippen LogP contribution in [0.1, 0.15) is 16.2 Å². The Morgan fingerprint density at radius 2 is 1.82 bits per heavy atom. The van der Waals surface area contributed by atoms with Crippen LogP contribution in [0.3, 0.4) is 0 Å². The van der Waals surface area contributed by atoms with Crippen molar-refractivity contribution < 1.29 is 4.79 Å². The van der Waals surface area contributed by atoms with Gasteiger partial charge in [-0.25, -0.2) is 9.97 Å². The molecule has 3 rings (SSSR count). The standard InChI is InChI=1S/C15H14N6O/c1-10-13(19-20-21(10)2)15(22)18-12-8-16-14(17-9-12)11-6-4-3-5-7-11/h3-9H,1-2H3,(H,18,22). The Bertz CT molecular complexity index is 795. The molecule has 0 spiro atoms. The van der Waals surface area contributed by atoms with Crippen LogP contribution >= 0.6 is 0 Å². The van der Waals surface area contributed by atoms with Gasteiger partial charge in [-0.05, 0) is 6.92 Å². The Hall–Kier alpha value is -3.09. The van der Waals surface area contributed by atoms with E-state index in [1.807, 2.05) is 30.3 Å². The first-order valence-corrected chi connectivity index (χ1v) is 6.70. The molecule has 7 nitrogen and oxygen atoms in total. The molecule has 0 aliphatic carbocycles. The van der Waals surface area contributed by atoms with Crippen molar-refractivity contribution in [3.05, 3.63) is 54.1 Å². The monoisotopic (exact) mass is 294 g/mol. The van der Waals surface area contributed by atoms with Crippen molar-refractivity contribution in [2.24, 2.45) is 7.05 Å². The van der Waals surface area contributed by atoms with E-state index in [4.69, 9.17) is 0 Å². The summed E-state index contributed by atoms with van der Waals surface area (Å²) in [6.07, 6.45) is 3.14. The van der Waals surface area contributed by atoms with E-state index < -0.39 is 0 Å². The second kappa shape index (κ2) is 5.72. The van der Waals surface area contributed by atoms with E-state index in [0.717, 1.165) is 5.56 Å². The quantitative estimate of drug-likeness (QED) is 0.796. The van der Waals surface area contributed by atoms with Gasteiger partial charge in [-0.15, -0.1) is 5.10 Å². The largest absolute Gasteiger partial charge is 0.318 e. The Kier molecular flexibility index (Phi) is 3.61. The highest BCUT2D eigenvalue weighted by atomic mass is 16.2. The molecular weight excluding hydrogens is 280 g/mol. The smallest absolute Gasteiger partial charge is 0.278 e. The molecule has 1 aromatic carbocycles. The number of aromatic nitrogens is 5. The lowest BCUT2D eigenvalue weighted by Gasteiger charge is -2.04. The third-order valence-corrected chi connectivity index (χ3v) is 3.26. The molecule has 0 unspecified atom stereocenters. The van der Waals surface area contributed by atoms with Gasteiger partial charge in [0.2, 0.25) is 0 Å². The zero-order valence-corrected chi connectivity index (χ0v) is 12.2. The molecule has 2 aromatic heterocycles. The minimum absolute atomic E-state index is 0.287. The fourth-order valence-electron chi connectivity index (χ4n) is 1.93. The van der Waals surface area contributed by atoms with Gasteiger partial charge in [-0.2, -0.15) is 0 Å². The van der Waals surface area contributed by atoms with E-state index in [-0.39, 0.29) is 11.6 Å². The summed E-state index contributed by atoms with van der Waals surface area (Å²) in [5.74, 6) is 0.274. The Balaban J connectivity index is 1.77. The molecule has 3 aromatic rings. The summed E-state index contributed by atoms with van der Waals surface area (Å²) < 4.78 is 1.55. The van der Waals surface area contributed by atoms with Gasteiger partial charge in [0.15, 0.2) is 11.5 Å². The first-order valence-electron chi connectivity index (χ1n) is 6.70. The molecule has 1 amide bonds. The van der Waals surface area contributed by atoms with E-state index in [1.54, 1.807) is 31.0 Å². The maximum Gasteiger partial charge on any atom is 0.278 e. The van der Waals surface area contributed by atoms with Crippen LogP contribution in [0.2, 0.25) is 0 Å². The number of aryl methyl sites for hydroxylation is 1. The number of nitrogens with one attached hydrogen (secondary N) is 1. The molecule has 22 heavy (non-hydrogen) atoms. The number of carbonyl (C=O) groups excluding carboxylic acids is 1. The van der Waals surface area contributed by atoms with E-state index >= 15 is 0 Å². The Morgan fingerprint density at radius 3 is 2.41 bits per heavy atom. The molecule has 0 fully saturated rings. The number of amides is 1. The van der Waals surface area contributed by atoms with Crippen LogP contribution in [-0.4, -0.2) is 30.9 Å². The topological polar surface area (TPSA) is 85.6 Å². The van der Waals surface area contributed by atoms with Crippen molar-refractivity contribution in [2.45, 2.75) is 6.92 Å². The molecule has 0 saturated carbocycles. The van der Waals surface area contributed by atoms with Gasteiger partial charge in [0.05, 0.1) is 23.8 Å². The van der Waals surface area contributed by atoms with Gasteiger partial charge < -0.3 is 5.32 Å². The summed E-state index contributed by atoms with van der Waals surface area (Å²) in [5.41, 5.74) is 2.41. The third-order valence-electron chi connectivity index (χ3n) is 3.26. The number of carbonyl (C=O) groups is 1. The molecule has 7 heteroatoms. The second-order valence-electron chi connectivity index (χ2n) is 4.76. The van der Waals surface area contributed by atoms with E-state index in [0.29, 0.717) is 17.2 Å². The van der Waals surface area contributed by atoms with Crippen molar-refractivity contribution in [3.8, 4) is 11.4 Å². The first kappa shape index (κ1) is 13.9. The third kappa shape index (κ3) is 2.69. The maximum atomic E-state index is 12.1. The molecule has 1 N–H and O–H groups in total. The zero-order chi connectivity index (χ0) is 15.5. The minimum atomic E-state index is -0.332.